The van der Waals surface area contributed by atoms with Crippen molar-refractivity contribution in [1.82, 2.24) is 24.6 Å². The topological polar surface area (TPSA) is 63.9 Å². The average molecular weight is 370 g/mol. The normalized spacial score (nSPS) is 18.2. The summed E-state index contributed by atoms with van der Waals surface area (Å²) < 4.78 is 1.99. The molecule has 0 aliphatic carbocycles. The molecule has 0 N–H and O–H groups in total. The van der Waals surface area contributed by atoms with Gasteiger partial charge >= 0.3 is 0 Å². The maximum Gasteiger partial charge on any atom is 0.227 e. The molecule has 146 valence electrons. The minimum absolute atomic E-state index is 0.180. The number of hydrogen-bond acceptors (Lipinski definition) is 4. The van der Waals surface area contributed by atoms with E-state index in [9.17, 15) is 4.79 Å². The average Bonchev–Trinajstić information content (AvgIpc) is 3.10. The maximum atomic E-state index is 12.7. The van der Waals surface area contributed by atoms with Gasteiger partial charge in [0.2, 0.25) is 5.91 Å². The first kappa shape index (κ1) is 19.5. The molecular weight excluding hydrogens is 338 g/mol. The monoisotopic (exact) mass is 369 g/mol. The first-order valence-electron chi connectivity index (χ1n) is 9.85. The number of aromatic nitrogens is 4. The zero-order valence-electron chi connectivity index (χ0n) is 17.4. The van der Waals surface area contributed by atoms with Crippen LogP contribution in [0, 0.1) is 12.3 Å². The Morgan fingerprint density at radius 2 is 2.00 bits per heavy atom. The van der Waals surface area contributed by atoms with E-state index in [2.05, 4.69) is 18.9 Å². The van der Waals surface area contributed by atoms with Crippen LogP contribution in [0.5, 0.6) is 0 Å². The molecule has 6 heteroatoms. The van der Waals surface area contributed by atoms with Crippen LogP contribution in [-0.4, -0.2) is 43.6 Å². The van der Waals surface area contributed by atoms with Crippen LogP contribution in [0.15, 0.2) is 18.3 Å². The summed E-state index contributed by atoms with van der Waals surface area (Å²) in [6.07, 6.45) is 3.82. The van der Waals surface area contributed by atoms with Crippen LogP contribution < -0.4 is 0 Å². The van der Waals surface area contributed by atoms with Crippen molar-refractivity contribution >= 4 is 5.91 Å². The van der Waals surface area contributed by atoms with E-state index in [-0.39, 0.29) is 23.3 Å². The van der Waals surface area contributed by atoms with E-state index in [1.165, 1.54) is 0 Å². The number of amides is 1. The molecule has 0 saturated carbocycles. The van der Waals surface area contributed by atoms with Gasteiger partial charge in [-0.3, -0.25) is 9.48 Å². The van der Waals surface area contributed by atoms with Gasteiger partial charge < -0.3 is 4.90 Å². The Balaban J connectivity index is 1.90. The molecule has 0 aromatic carbocycles. The number of nitrogens with zero attached hydrogens (tertiary/aromatic N) is 5. The lowest BCUT2D eigenvalue weighted by Crippen LogP contribution is -2.44. The Morgan fingerprint density at radius 1 is 1.26 bits per heavy atom. The molecule has 2 aromatic heterocycles. The van der Waals surface area contributed by atoms with Crippen molar-refractivity contribution in [3.8, 4) is 11.4 Å². The van der Waals surface area contributed by atoms with Crippen LogP contribution in [0.2, 0.25) is 0 Å². The van der Waals surface area contributed by atoms with Crippen molar-refractivity contribution in [3.63, 3.8) is 0 Å². The maximum absolute atomic E-state index is 12.7. The van der Waals surface area contributed by atoms with Crippen LogP contribution >= 0.6 is 0 Å². The molecule has 0 unspecified atom stereocenters. The zero-order chi connectivity index (χ0) is 19.8. The largest absolute Gasteiger partial charge is 0.342 e. The van der Waals surface area contributed by atoms with Gasteiger partial charge in [-0.05, 0) is 45.7 Å². The van der Waals surface area contributed by atoms with Gasteiger partial charge in [-0.1, -0.05) is 20.8 Å². The van der Waals surface area contributed by atoms with E-state index in [1.54, 1.807) is 0 Å². The van der Waals surface area contributed by atoms with Crippen molar-refractivity contribution in [2.45, 2.75) is 66.3 Å². The molecule has 0 bridgehead atoms. The molecule has 3 rings (SSSR count). The van der Waals surface area contributed by atoms with E-state index in [1.807, 2.05) is 55.6 Å². The SMILES string of the molecule is Cc1cc(-c2ccnn2C(C)C)nc([C@@H]2CCCN(C(=O)C(C)(C)C)C2)n1. The lowest BCUT2D eigenvalue weighted by molar-refractivity contribution is -0.140. The number of carbonyl (C=O) groups is 1. The van der Waals surface area contributed by atoms with Gasteiger partial charge in [0.25, 0.3) is 0 Å². The molecule has 6 nitrogen and oxygen atoms in total. The van der Waals surface area contributed by atoms with Gasteiger partial charge in [-0.2, -0.15) is 5.10 Å². The minimum atomic E-state index is -0.357. The Labute approximate surface area is 162 Å². The third-order valence-corrected chi connectivity index (χ3v) is 5.01. The highest BCUT2D eigenvalue weighted by molar-refractivity contribution is 5.81. The molecule has 1 aliphatic heterocycles. The van der Waals surface area contributed by atoms with Gasteiger partial charge in [-0.25, -0.2) is 9.97 Å². The summed E-state index contributed by atoms with van der Waals surface area (Å²) in [6, 6.07) is 4.28. The number of carbonyl (C=O) groups excluding carboxylic acids is 1. The highest BCUT2D eigenvalue weighted by Gasteiger charge is 2.32. The molecule has 3 heterocycles. The Morgan fingerprint density at radius 3 is 2.67 bits per heavy atom. The number of rotatable bonds is 3. The van der Waals surface area contributed by atoms with Crippen molar-refractivity contribution in [1.29, 1.82) is 0 Å². The summed E-state index contributed by atoms with van der Waals surface area (Å²) in [6.45, 7) is 13.7. The summed E-state index contributed by atoms with van der Waals surface area (Å²) >= 11 is 0. The van der Waals surface area contributed by atoms with Gasteiger partial charge in [-0.15, -0.1) is 0 Å². The van der Waals surface area contributed by atoms with E-state index < -0.39 is 0 Å². The van der Waals surface area contributed by atoms with Crippen molar-refractivity contribution < 1.29 is 4.79 Å². The zero-order valence-corrected chi connectivity index (χ0v) is 17.4. The fourth-order valence-corrected chi connectivity index (χ4v) is 3.68. The summed E-state index contributed by atoms with van der Waals surface area (Å²) in [5, 5.41) is 4.43. The first-order chi connectivity index (χ1) is 12.7. The highest BCUT2D eigenvalue weighted by atomic mass is 16.2. The first-order valence-corrected chi connectivity index (χ1v) is 9.85. The minimum Gasteiger partial charge on any atom is -0.342 e. The van der Waals surface area contributed by atoms with Gasteiger partial charge in [0.05, 0.1) is 11.4 Å². The fourth-order valence-electron chi connectivity index (χ4n) is 3.68. The van der Waals surface area contributed by atoms with Crippen molar-refractivity contribution in [2.24, 2.45) is 5.41 Å². The smallest absolute Gasteiger partial charge is 0.227 e. The Kier molecular flexibility index (Phi) is 5.36. The van der Waals surface area contributed by atoms with Crippen LogP contribution in [0.3, 0.4) is 0 Å². The number of aryl methyl sites for hydroxylation is 1. The third-order valence-electron chi connectivity index (χ3n) is 5.01. The van der Waals surface area contributed by atoms with E-state index >= 15 is 0 Å². The Bertz CT molecular complexity index is 818. The van der Waals surface area contributed by atoms with Crippen molar-refractivity contribution in [3.05, 3.63) is 29.8 Å². The fraction of sp³-hybridized carbons (Fsp3) is 0.619. The second-order valence-corrected chi connectivity index (χ2v) is 8.85. The third kappa shape index (κ3) is 4.20. The lowest BCUT2D eigenvalue weighted by Gasteiger charge is -2.36. The highest BCUT2D eigenvalue weighted by Crippen LogP contribution is 2.30. The van der Waals surface area contributed by atoms with Crippen molar-refractivity contribution in [2.75, 3.05) is 13.1 Å². The summed E-state index contributed by atoms with van der Waals surface area (Å²) in [4.78, 5) is 24.3. The second kappa shape index (κ2) is 7.41. The van der Waals surface area contributed by atoms with E-state index in [4.69, 9.17) is 9.97 Å². The summed E-state index contributed by atoms with van der Waals surface area (Å²) in [5.74, 6) is 1.23. The van der Waals surface area contributed by atoms with E-state index in [0.29, 0.717) is 6.54 Å². The number of hydrogen-bond donors (Lipinski definition) is 0. The predicted molar refractivity (Wildman–Crippen MR) is 106 cm³/mol. The van der Waals surface area contributed by atoms with Crippen LogP contribution in [0.25, 0.3) is 11.4 Å². The van der Waals surface area contributed by atoms with Crippen LogP contribution in [-0.2, 0) is 4.79 Å². The lowest BCUT2D eigenvalue weighted by atomic mass is 9.91. The molecule has 1 fully saturated rings. The molecule has 0 radical (unpaired) electrons. The molecule has 27 heavy (non-hydrogen) atoms. The van der Waals surface area contributed by atoms with Gasteiger partial charge in [0.15, 0.2) is 0 Å². The number of likely N-dealkylation sites (tertiary alicyclic amines) is 1. The van der Waals surface area contributed by atoms with Gasteiger partial charge in [0.1, 0.15) is 5.82 Å². The molecule has 1 amide bonds. The Hall–Kier alpha value is -2.24. The summed E-state index contributed by atoms with van der Waals surface area (Å²) in [5.41, 5.74) is 2.51. The second-order valence-electron chi connectivity index (χ2n) is 8.85. The molecule has 0 spiro atoms. The molecule has 1 aliphatic rings. The standard InChI is InChI=1S/C21H31N5O/c1-14(2)26-18(9-10-22-26)17-12-15(3)23-19(24-17)16-8-7-11-25(13-16)20(27)21(4,5)6/h9-10,12,14,16H,7-8,11,13H2,1-6H3/t16-/m1/s1. The molecule has 1 saturated heterocycles. The quantitative estimate of drug-likeness (QED) is 0.821. The predicted octanol–water partition coefficient (Wildman–Crippen LogP) is 3.98. The summed E-state index contributed by atoms with van der Waals surface area (Å²) in [7, 11) is 0. The number of piperidine rings is 1. The molecular formula is C21H31N5O. The van der Waals surface area contributed by atoms with E-state index in [0.717, 1.165) is 42.3 Å². The van der Waals surface area contributed by atoms with Crippen LogP contribution in [0.4, 0.5) is 0 Å². The van der Waals surface area contributed by atoms with Gasteiger partial charge in [0, 0.05) is 42.4 Å². The molecule has 2 aromatic rings. The molecule has 1 atom stereocenters. The van der Waals surface area contributed by atoms with Crippen LogP contribution in [0.1, 0.15) is 70.9 Å².